The van der Waals surface area contributed by atoms with Gasteiger partial charge in [0.15, 0.2) is 0 Å². The second-order valence-corrected chi connectivity index (χ2v) is 8.22. The highest BCUT2D eigenvalue weighted by atomic mass is 32.2. The summed E-state index contributed by atoms with van der Waals surface area (Å²) in [4.78, 5) is 12.7. The van der Waals surface area contributed by atoms with E-state index in [0.717, 1.165) is 12.5 Å². The van der Waals surface area contributed by atoms with Gasteiger partial charge in [0.2, 0.25) is 10.0 Å². The van der Waals surface area contributed by atoms with E-state index in [-0.39, 0.29) is 16.6 Å². The van der Waals surface area contributed by atoms with E-state index in [4.69, 9.17) is 0 Å². The van der Waals surface area contributed by atoms with Gasteiger partial charge in [0.1, 0.15) is 0 Å². The predicted octanol–water partition coefficient (Wildman–Crippen LogP) is 1.81. The average molecular weight is 339 g/mol. The molecule has 1 aliphatic heterocycles. The summed E-state index contributed by atoms with van der Waals surface area (Å²) in [7, 11) is -3.76. The molecular formula is C15H21N3O4S. The van der Waals surface area contributed by atoms with Crippen LogP contribution in [-0.4, -0.2) is 42.9 Å². The summed E-state index contributed by atoms with van der Waals surface area (Å²) in [6.45, 7) is 4.47. The third-order valence-corrected chi connectivity index (χ3v) is 6.30. The number of non-ortho nitro benzene ring substituents is 1. The van der Waals surface area contributed by atoms with Gasteiger partial charge >= 0.3 is 0 Å². The zero-order valence-corrected chi connectivity index (χ0v) is 14.0. The van der Waals surface area contributed by atoms with Gasteiger partial charge in [0.05, 0.1) is 9.82 Å². The van der Waals surface area contributed by atoms with Crippen molar-refractivity contribution in [2.24, 2.45) is 0 Å². The molecule has 2 atom stereocenters. The topological polar surface area (TPSA) is 92.5 Å². The normalized spacial score (nSPS) is 25.7. The molecule has 126 valence electrons. The molecule has 2 fully saturated rings. The van der Waals surface area contributed by atoms with Gasteiger partial charge in [-0.15, -0.1) is 0 Å². The number of nitrogens with zero attached hydrogens (tertiary/aromatic N) is 2. The van der Waals surface area contributed by atoms with Crippen molar-refractivity contribution in [2.45, 2.75) is 56.1 Å². The van der Waals surface area contributed by atoms with Crippen molar-refractivity contribution in [1.82, 2.24) is 9.62 Å². The van der Waals surface area contributed by atoms with Crippen LogP contribution in [-0.2, 0) is 10.0 Å². The number of nitrogens with one attached hydrogen (secondary N) is 1. The summed E-state index contributed by atoms with van der Waals surface area (Å²) >= 11 is 0. The number of benzene rings is 1. The lowest BCUT2D eigenvalue weighted by Crippen LogP contribution is -2.37. The first-order valence-electron chi connectivity index (χ1n) is 7.81. The first kappa shape index (κ1) is 16.4. The predicted molar refractivity (Wildman–Crippen MR) is 85.7 cm³/mol. The average Bonchev–Trinajstić information content (AvgIpc) is 3.23. The van der Waals surface area contributed by atoms with Gasteiger partial charge in [-0.2, -0.15) is 0 Å². The highest BCUT2D eigenvalue weighted by Gasteiger charge is 2.40. The fourth-order valence-electron chi connectivity index (χ4n) is 3.33. The van der Waals surface area contributed by atoms with E-state index in [2.05, 4.69) is 16.5 Å². The molecule has 0 spiro atoms. The summed E-state index contributed by atoms with van der Waals surface area (Å²) in [5, 5.41) is 10.9. The summed E-state index contributed by atoms with van der Waals surface area (Å²) in [6, 6.07) is 4.74. The number of hydrogen-bond acceptors (Lipinski definition) is 5. The number of aryl methyl sites for hydroxylation is 1. The Morgan fingerprint density at radius 3 is 2.65 bits per heavy atom. The van der Waals surface area contributed by atoms with Crippen LogP contribution in [0, 0.1) is 17.0 Å². The van der Waals surface area contributed by atoms with Gasteiger partial charge in [0.25, 0.3) is 5.69 Å². The monoisotopic (exact) mass is 339 g/mol. The van der Waals surface area contributed by atoms with Crippen LogP contribution >= 0.6 is 0 Å². The first-order chi connectivity index (χ1) is 10.8. The van der Waals surface area contributed by atoms with Crippen LogP contribution in [0.5, 0.6) is 0 Å². The summed E-state index contributed by atoms with van der Waals surface area (Å²) in [5.41, 5.74) is 0.295. The van der Waals surface area contributed by atoms with Crippen molar-refractivity contribution in [3.05, 3.63) is 33.9 Å². The molecule has 0 amide bonds. The van der Waals surface area contributed by atoms with Gasteiger partial charge in [-0.1, -0.05) is 6.07 Å². The minimum absolute atomic E-state index is 0.00998. The van der Waals surface area contributed by atoms with Crippen molar-refractivity contribution in [3.8, 4) is 0 Å². The molecule has 0 radical (unpaired) electrons. The summed E-state index contributed by atoms with van der Waals surface area (Å²) in [6.07, 6.45) is 3.14. The Balaban J connectivity index is 1.79. The van der Waals surface area contributed by atoms with Crippen molar-refractivity contribution in [1.29, 1.82) is 0 Å². The molecule has 1 aromatic rings. The van der Waals surface area contributed by atoms with E-state index in [0.29, 0.717) is 24.2 Å². The fraction of sp³-hybridized carbons (Fsp3) is 0.600. The SMILES string of the molecule is Cc1ccc([N+](=O)[O-])cc1S(=O)(=O)N[C@@H]1C[C@@H](C)N(C2CC2)C1. The summed E-state index contributed by atoms with van der Waals surface area (Å²) < 4.78 is 28.0. The second-order valence-electron chi connectivity index (χ2n) is 6.54. The van der Waals surface area contributed by atoms with Crippen LogP contribution in [0.4, 0.5) is 5.69 Å². The molecule has 0 unspecified atom stereocenters. The molecule has 7 nitrogen and oxygen atoms in total. The highest BCUT2D eigenvalue weighted by molar-refractivity contribution is 7.89. The number of nitro groups is 1. The molecular weight excluding hydrogens is 318 g/mol. The molecule has 1 heterocycles. The van der Waals surface area contributed by atoms with Gasteiger partial charge in [-0.05, 0) is 38.7 Å². The van der Waals surface area contributed by atoms with Crippen LogP contribution in [0.3, 0.4) is 0 Å². The van der Waals surface area contributed by atoms with Crippen molar-refractivity contribution < 1.29 is 13.3 Å². The Morgan fingerprint density at radius 2 is 2.04 bits per heavy atom. The Kier molecular flexibility index (Phi) is 4.16. The zero-order valence-electron chi connectivity index (χ0n) is 13.2. The molecule has 3 rings (SSSR count). The van der Waals surface area contributed by atoms with Gasteiger partial charge < -0.3 is 0 Å². The van der Waals surface area contributed by atoms with E-state index >= 15 is 0 Å². The van der Waals surface area contributed by atoms with E-state index in [1.54, 1.807) is 6.92 Å². The largest absolute Gasteiger partial charge is 0.296 e. The van der Waals surface area contributed by atoms with Crippen LogP contribution in [0.2, 0.25) is 0 Å². The molecule has 23 heavy (non-hydrogen) atoms. The maximum Gasteiger partial charge on any atom is 0.270 e. The number of likely N-dealkylation sites (tertiary alicyclic amines) is 1. The van der Waals surface area contributed by atoms with E-state index in [1.807, 2.05) is 0 Å². The minimum Gasteiger partial charge on any atom is -0.296 e. The third-order valence-electron chi connectivity index (χ3n) is 4.63. The first-order valence-corrected chi connectivity index (χ1v) is 9.29. The van der Waals surface area contributed by atoms with Crippen LogP contribution in [0.15, 0.2) is 23.1 Å². The Bertz CT molecular complexity index is 730. The quantitative estimate of drug-likeness (QED) is 0.652. The molecule has 1 N–H and O–H groups in total. The Morgan fingerprint density at radius 1 is 1.35 bits per heavy atom. The lowest BCUT2D eigenvalue weighted by Gasteiger charge is -2.19. The lowest BCUT2D eigenvalue weighted by molar-refractivity contribution is -0.385. The van der Waals surface area contributed by atoms with Crippen LogP contribution in [0.1, 0.15) is 31.7 Å². The van der Waals surface area contributed by atoms with Crippen LogP contribution < -0.4 is 4.72 Å². The van der Waals surface area contributed by atoms with Gasteiger partial charge in [-0.25, -0.2) is 13.1 Å². The minimum atomic E-state index is -3.76. The number of hydrogen-bond donors (Lipinski definition) is 1. The number of sulfonamides is 1. The van der Waals surface area contributed by atoms with Gasteiger partial charge in [-0.3, -0.25) is 15.0 Å². The van der Waals surface area contributed by atoms with E-state index < -0.39 is 14.9 Å². The molecule has 1 aliphatic carbocycles. The summed E-state index contributed by atoms with van der Waals surface area (Å²) in [5.74, 6) is 0. The molecule has 1 aromatic carbocycles. The zero-order chi connectivity index (χ0) is 16.8. The lowest BCUT2D eigenvalue weighted by atomic mass is 10.2. The molecule has 0 aromatic heterocycles. The van der Waals surface area contributed by atoms with Gasteiger partial charge in [0, 0.05) is 36.8 Å². The van der Waals surface area contributed by atoms with E-state index in [9.17, 15) is 18.5 Å². The molecule has 0 bridgehead atoms. The van der Waals surface area contributed by atoms with Crippen molar-refractivity contribution >= 4 is 15.7 Å². The molecule has 1 saturated carbocycles. The van der Waals surface area contributed by atoms with Crippen molar-refractivity contribution in [2.75, 3.05) is 6.54 Å². The standard InChI is InChI=1S/C15H21N3O4S/c1-10-3-4-14(18(19)20)8-15(10)23(21,22)16-12-7-11(2)17(9-12)13-5-6-13/h3-4,8,11-13,16H,5-7,9H2,1-2H3/t11-,12-/m1/s1. The van der Waals surface area contributed by atoms with Crippen LogP contribution in [0.25, 0.3) is 0 Å². The Labute approximate surface area is 135 Å². The highest BCUT2D eigenvalue weighted by Crippen LogP contribution is 2.33. The second kappa shape index (κ2) is 5.85. The molecule has 2 aliphatic rings. The number of nitro benzene ring substituents is 1. The van der Waals surface area contributed by atoms with E-state index in [1.165, 1.54) is 25.0 Å². The number of rotatable bonds is 5. The third kappa shape index (κ3) is 3.39. The smallest absolute Gasteiger partial charge is 0.270 e. The van der Waals surface area contributed by atoms with Crippen molar-refractivity contribution in [3.63, 3.8) is 0 Å². The fourth-order valence-corrected chi connectivity index (χ4v) is 4.84. The molecule has 8 heteroatoms. The maximum absolute atomic E-state index is 12.6. The molecule has 1 saturated heterocycles. The maximum atomic E-state index is 12.6. The Hall–Kier alpha value is -1.51.